The van der Waals surface area contributed by atoms with Crippen molar-refractivity contribution in [1.82, 2.24) is 4.90 Å². The highest BCUT2D eigenvalue weighted by molar-refractivity contribution is 5.81. The van der Waals surface area contributed by atoms with Crippen LogP contribution in [0.2, 0.25) is 0 Å². The number of benzene rings is 1. The number of amides is 1. The van der Waals surface area contributed by atoms with E-state index < -0.39 is 11.8 Å². The Morgan fingerprint density at radius 2 is 2.18 bits per heavy atom. The zero-order chi connectivity index (χ0) is 11.9. The molecule has 2 aliphatic heterocycles. The molecule has 86 valence electrons. The largest absolute Gasteiger partial charge is 0.350 e. The van der Waals surface area contributed by atoms with Gasteiger partial charge in [0.15, 0.2) is 11.8 Å². The lowest BCUT2D eigenvalue weighted by atomic mass is 10.0. The van der Waals surface area contributed by atoms with Crippen molar-refractivity contribution < 1.29 is 9.53 Å². The van der Waals surface area contributed by atoms with Crippen LogP contribution in [0.4, 0.5) is 0 Å². The maximum Gasteiger partial charge on any atom is 0.226 e. The van der Waals surface area contributed by atoms with Crippen LogP contribution in [0.5, 0.6) is 0 Å². The topological polar surface area (TPSA) is 53.3 Å². The smallest absolute Gasteiger partial charge is 0.226 e. The molecule has 0 spiro atoms. The number of ether oxygens (including phenoxy) is 1. The van der Waals surface area contributed by atoms with Gasteiger partial charge in [0, 0.05) is 12.0 Å². The van der Waals surface area contributed by atoms with Gasteiger partial charge in [-0.25, -0.2) is 0 Å². The van der Waals surface area contributed by atoms with E-state index in [2.05, 4.69) is 6.07 Å². The van der Waals surface area contributed by atoms with Crippen molar-refractivity contribution in [3.63, 3.8) is 0 Å². The Morgan fingerprint density at radius 3 is 2.88 bits per heavy atom. The van der Waals surface area contributed by atoms with Crippen LogP contribution >= 0.6 is 0 Å². The minimum Gasteiger partial charge on any atom is -0.350 e. The van der Waals surface area contributed by atoms with Crippen molar-refractivity contribution in [2.45, 2.75) is 24.6 Å². The Balaban J connectivity index is 2.00. The van der Waals surface area contributed by atoms with Gasteiger partial charge >= 0.3 is 0 Å². The molecule has 2 saturated heterocycles. The number of hydrogen-bond acceptors (Lipinski definition) is 3. The summed E-state index contributed by atoms with van der Waals surface area (Å²) in [4.78, 5) is 13.5. The molecule has 0 N–H and O–H groups in total. The molecule has 0 bridgehead atoms. The summed E-state index contributed by atoms with van der Waals surface area (Å²) in [6.07, 6.45) is 0.622. The summed E-state index contributed by atoms with van der Waals surface area (Å²) >= 11 is 0. The standard InChI is InChI=1S/C13H12N2O2/c14-8-13-7-6-11(16)15(13)12(17-9-13)10-4-2-1-3-5-10/h1-5,12H,6-7,9H2/t12-,13-/m1/s1. The molecule has 0 aromatic heterocycles. The average Bonchev–Trinajstić information content (AvgIpc) is 2.90. The third-order valence-electron chi connectivity index (χ3n) is 3.49. The highest BCUT2D eigenvalue weighted by atomic mass is 16.5. The fourth-order valence-electron chi connectivity index (χ4n) is 2.59. The monoisotopic (exact) mass is 228 g/mol. The maximum atomic E-state index is 11.9. The lowest BCUT2D eigenvalue weighted by molar-refractivity contribution is -0.134. The van der Waals surface area contributed by atoms with Crippen LogP contribution in [-0.2, 0) is 9.53 Å². The Hall–Kier alpha value is -1.86. The minimum atomic E-state index is -0.739. The Labute approximate surface area is 99.4 Å². The first kappa shape index (κ1) is 10.3. The lowest BCUT2D eigenvalue weighted by Gasteiger charge is -2.26. The van der Waals surface area contributed by atoms with Gasteiger partial charge in [-0.2, -0.15) is 5.26 Å². The van der Waals surface area contributed by atoms with E-state index in [0.717, 1.165) is 5.56 Å². The number of nitriles is 1. The summed E-state index contributed by atoms with van der Waals surface area (Å²) in [7, 11) is 0. The van der Waals surface area contributed by atoms with E-state index in [1.54, 1.807) is 4.90 Å². The molecular formula is C13H12N2O2. The highest BCUT2D eigenvalue weighted by Crippen LogP contribution is 2.44. The molecule has 1 amide bonds. The van der Waals surface area contributed by atoms with Crippen LogP contribution in [-0.4, -0.2) is 23.0 Å². The predicted octanol–water partition coefficient (Wildman–Crippen LogP) is 1.60. The van der Waals surface area contributed by atoms with Gasteiger partial charge in [-0.1, -0.05) is 30.3 Å². The summed E-state index contributed by atoms with van der Waals surface area (Å²) in [6, 6.07) is 11.8. The molecule has 3 rings (SSSR count). The van der Waals surface area contributed by atoms with Crippen LogP contribution in [0.15, 0.2) is 30.3 Å². The first-order valence-corrected chi connectivity index (χ1v) is 5.67. The molecule has 2 fully saturated rings. The molecule has 4 heteroatoms. The van der Waals surface area contributed by atoms with E-state index >= 15 is 0 Å². The fourth-order valence-corrected chi connectivity index (χ4v) is 2.59. The Morgan fingerprint density at radius 1 is 1.41 bits per heavy atom. The van der Waals surface area contributed by atoms with E-state index in [0.29, 0.717) is 19.4 Å². The first-order chi connectivity index (χ1) is 8.27. The lowest BCUT2D eigenvalue weighted by Crippen LogP contribution is -2.41. The normalized spacial score (nSPS) is 31.4. The number of rotatable bonds is 1. The van der Waals surface area contributed by atoms with Gasteiger partial charge in [0.2, 0.25) is 5.91 Å². The third-order valence-corrected chi connectivity index (χ3v) is 3.49. The molecule has 0 aliphatic carbocycles. The van der Waals surface area contributed by atoms with E-state index in [1.165, 1.54) is 0 Å². The second-order valence-corrected chi connectivity index (χ2v) is 4.48. The van der Waals surface area contributed by atoms with E-state index in [-0.39, 0.29) is 5.91 Å². The summed E-state index contributed by atoms with van der Waals surface area (Å²) in [5.74, 6) is 0.0119. The van der Waals surface area contributed by atoms with Crippen LogP contribution in [0, 0.1) is 11.3 Å². The second-order valence-electron chi connectivity index (χ2n) is 4.48. The Bertz CT molecular complexity index is 494. The van der Waals surface area contributed by atoms with Crippen molar-refractivity contribution in [3.8, 4) is 6.07 Å². The third kappa shape index (κ3) is 1.36. The summed E-state index contributed by atoms with van der Waals surface area (Å²) in [5.41, 5.74) is 0.192. The molecule has 2 aliphatic rings. The Kier molecular flexibility index (Phi) is 2.17. The summed E-state index contributed by atoms with van der Waals surface area (Å²) < 4.78 is 5.65. The molecule has 1 aromatic rings. The molecule has 2 atom stereocenters. The molecular weight excluding hydrogens is 216 g/mol. The van der Waals surface area contributed by atoms with Crippen molar-refractivity contribution in [2.24, 2.45) is 0 Å². The number of fused-ring (bicyclic) bond motifs is 1. The summed E-state index contributed by atoms with van der Waals surface area (Å²) in [5, 5.41) is 9.29. The van der Waals surface area contributed by atoms with Crippen molar-refractivity contribution in [1.29, 1.82) is 5.26 Å². The van der Waals surface area contributed by atoms with Crippen molar-refractivity contribution in [3.05, 3.63) is 35.9 Å². The zero-order valence-electron chi connectivity index (χ0n) is 9.30. The van der Waals surface area contributed by atoms with Gasteiger partial charge < -0.3 is 4.74 Å². The van der Waals surface area contributed by atoms with Crippen LogP contribution in [0.1, 0.15) is 24.6 Å². The maximum absolute atomic E-state index is 11.9. The quantitative estimate of drug-likeness (QED) is 0.733. The van der Waals surface area contributed by atoms with Crippen molar-refractivity contribution >= 4 is 5.91 Å². The van der Waals surface area contributed by atoms with Gasteiger partial charge in [0.25, 0.3) is 0 Å². The van der Waals surface area contributed by atoms with Gasteiger partial charge in [0.1, 0.15) is 0 Å². The number of carbonyl (C=O) groups excluding carboxylic acids is 1. The molecule has 2 heterocycles. The van der Waals surface area contributed by atoms with Crippen LogP contribution in [0.3, 0.4) is 0 Å². The fraction of sp³-hybridized carbons (Fsp3) is 0.385. The van der Waals surface area contributed by atoms with E-state index in [9.17, 15) is 10.1 Å². The average molecular weight is 228 g/mol. The van der Waals surface area contributed by atoms with Gasteiger partial charge in [-0.3, -0.25) is 9.69 Å². The zero-order valence-corrected chi connectivity index (χ0v) is 9.30. The second kappa shape index (κ2) is 3.57. The van der Waals surface area contributed by atoms with Gasteiger partial charge in [0.05, 0.1) is 12.7 Å². The van der Waals surface area contributed by atoms with Crippen molar-refractivity contribution in [2.75, 3.05) is 6.61 Å². The number of carbonyl (C=O) groups is 1. The summed E-state index contributed by atoms with van der Waals surface area (Å²) in [6.45, 7) is 0.314. The molecule has 0 radical (unpaired) electrons. The molecule has 17 heavy (non-hydrogen) atoms. The van der Waals surface area contributed by atoms with Gasteiger partial charge in [-0.05, 0) is 6.42 Å². The predicted molar refractivity (Wildman–Crippen MR) is 59.6 cm³/mol. The van der Waals surface area contributed by atoms with Crippen LogP contribution in [0.25, 0.3) is 0 Å². The molecule has 0 saturated carbocycles. The molecule has 4 nitrogen and oxygen atoms in total. The van der Waals surface area contributed by atoms with E-state index in [1.807, 2.05) is 30.3 Å². The van der Waals surface area contributed by atoms with Gasteiger partial charge in [-0.15, -0.1) is 0 Å². The molecule has 0 unspecified atom stereocenters. The SMILES string of the molecule is N#C[C@@]12CCC(=O)N1[C@@H](c1ccccc1)OC2. The molecule has 1 aromatic carbocycles. The van der Waals surface area contributed by atoms with Crippen LogP contribution < -0.4 is 0 Å². The highest BCUT2D eigenvalue weighted by Gasteiger charge is 2.55. The number of hydrogen-bond donors (Lipinski definition) is 0. The number of nitrogens with zero attached hydrogens (tertiary/aromatic N) is 2. The van der Waals surface area contributed by atoms with E-state index in [4.69, 9.17) is 4.74 Å². The first-order valence-electron chi connectivity index (χ1n) is 5.67. The minimum absolute atomic E-state index is 0.0119.